The molecule has 188 valence electrons. The molecule has 1 unspecified atom stereocenters. The Hall–Kier alpha value is -4.23. The SMILES string of the molecule is [C-]#[N+]c1ccc2cc(CN3CCN(c4cc(F)cc5c4CN(C4CCC(=O)NC4=O)C5=O)CC3)[nH]c2c1. The van der Waals surface area contributed by atoms with E-state index in [1.54, 1.807) is 0 Å². The van der Waals surface area contributed by atoms with Gasteiger partial charge in [-0.15, -0.1) is 0 Å². The number of H-pyrrole nitrogens is 1. The van der Waals surface area contributed by atoms with E-state index in [-0.39, 0.29) is 31.2 Å². The summed E-state index contributed by atoms with van der Waals surface area (Å²) in [6.45, 7) is 11.0. The molecule has 3 aliphatic rings. The van der Waals surface area contributed by atoms with E-state index in [2.05, 4.69) is 31.0 Å². The molecule has 2 aromatic carbocycles. The summed E-state index contributed by atoms with van der Waals surface area (Å²) < 4.78 is 14.6. The number of nitrogens with zero attached hydrogens (tertiary/aromatic N) is 4. The van der Waals surface area contributed by atoms with E-state index >= 15 is 0 Å². The van der Waals surface area contributed by atoms with Crippen LogP contribution < -0.4 is 10.2 Å². The van der Waals surface area contributed by atoms with Gasteiger partial charge in [-0.05, 0) is 36.1 Å². The van der Waals surface area contributed by atoms with Gasteiger partial charge in [0, 0.05) is 73.7 Å². The average molecular weight is 501 g/mol. The van der Waals surface area contributed by atoms with Crippen LogP contribution in [0.15, 0.2) is 36.4 Å². The van der Waals surface area contributed by atoms with Gasteiger partial charge in [0.05, 0.1) is 6.57 Å². The molecular formula is C27H25FN6O3. The number of carbonyl (C=O) groups excluding carboxylic acids is 3. The molecule has 3 aromatic rings. The van der Waals surface area contributed by atoms with Crippen LogP contribution in [0, 0.1) is 12.4 Å². The van der Waals surface area contributed by atoms with Gasteiger partial charge in [0.1, 0.15) is 11.9 Å². The first kappa shape index (κ1) is 23.2. The number of benzene rings is 2. The van der Waals surface area contributed by atoms with E-state index in [4.69, 9.17) is 6.57 Å². The lowest BCUT2D eigenvalue weighted by molar-refractivity contribution is -0.136. The smallest absolute Gasteiger partial charge is 0.255 e. The zero-order chi connectivity index (χ0) is 25.7. The number of nitrogens with one attached hydrogen (secondary N) is 2. The van der Waals surface area contributed by atoms with E-state index in [1.807, 2.05) is 18.2 Å². The standard InChI is InChI=1S/C27H25FN6O3/c1-29-18-3-2-16-10-19(30-22(16)13-18)14-32-6-8-33(9-7-32)24-12-17(28)11-20-21(24)15-34(27(20)37)23-4-5-25(35)31-26(23)36/h2-3,10-13,23,30H,4-9,14-15H2,(H,31,35,36). The maximum absolute atomic E-state index is 14.6. The highest BCUT2D eigenvalue weighted by atomic mass is 19.1. The Kier molecular flexibility index (Phi) is 5.65. The lowest BCUT2D eigenvalue weighted by Crippen LogP contribution is -2.52. The van der Waals surface area contributed by atoms with Gasteiger partial charge in [-0.25, -0.2) is 9.24 Å². The normalized spacial score (nSPS) is 20.3. The van der Waals surface area contributed by atoms with Crippen LogP contribution in [0.4, 0.5) is 15.8 Å². The molecule has 1 aromatic heterocycles. The minimum atomic E-state index is -0.729. The molecule has 2 fully saturated rings. The summed E-state index contributed by atoms with van der Waals surface area (Å²) >= 11 is 0. The zero-order valence-electron chi connectivity index (χ0n) is 20.1. The summed E-state index contributed by atoms with van der Waals surface area (Å²) in [6, 6.07) is 9.71. The first-order valence-electron chi connectivity index (χ1n) is 12.3. The van der Waals surface area contributed by atoms with Crippen molar-refractivity contribution in [1.29, 1.82) is 0 Å². The fourth-order valence-electron chi connectivity index (χ4n) is 5.61. The number of piperidine rings is 1. The summed E-state index contributed by atoms with van der Waals surface area (Å²) in [7, 11) is 0. The third kappa shape index (κ3) is 4.21. The number of amides is 3. The molecule has 9 nitrogen and oxygen atoms in total. The molecular weight excluding hydrogens is 475 g/mol. The molecule has 2 saturated heterocycles. The van der Waals surface area contributed by atoms with Crippen LogP contribution in [0.5, 0.6) is 0 Å². The summed E-state index contributed by atoms with van der Waals surface area (Å²) in [5.41, 5.74) is 4.34. The number of carbonyl (C=O) groups is 3. The first-order valence-corrected chi connectivity index (χ1v) is 12.3. The van der Waals surface area contributed by atoms with Crippen molar-refractivity contribution in [1.82, 2.24) is 20.1 Å². The predicted molar refractivity (Wildman–Crippen MR) is 134 cm³/mol. The highest BCUT2D eigenvalue weighted by Gasteiger charge is 2.41. The van der Waals surface area contributed by atoms with Gasteiger partial charge < -0.3 is 14.8 Å². The van der Waals surface area contributed by atoms with Gasteiger partial charge >= 0.3 is 0 Å². The summed E-state index contributed by atoms with van der Waals surface area (Å²) in [5.74, 6) is -1.67. The largest absolute Gasteiger partial charge is 0.369 e. The molecule has 10 heteroatoms. The van der Waals surface area contributed by atoms with Crippen molar-refractivity contribution in [2.45, 2.75) is 32.0 Å². The molecule has 3 amide bonds. The zero-order valence-corrected chi connectivity index (χ0v) is 20.1. The Bertz CT molecular complexity index is 1480. The number of piperazine rings is 1. The van der Waals surface area contributed by atoms with Crippen LogP contribution in [0.2, 0.25) is 0 Å². The molecule has 3 aliphatic heterocycles. The van der Waals surface area contributed by atoms with E-state index < -0.39 is 17.8 Å². The Balaban J connectivity index is 1.16. The monoisotopic (exact) mass is 500 g/mol. The Morgan fingerprint density at radius 2 is 1.86 bits per heavy atom. The fraction of sp³-hybridized carbons (Fsp3) is 0.333. The average Bonchev–Trinajstić information content (AvgIpc) is 3.44. The van der Waals surface area contributed by atoms with Crippen molar-refractivity contribution in [3.8, 4) is 0 Å². The minimum Gasteiger partial charge on any atom is -0.369 e. The molecule has 0 radical (unpaired) electrons. The van der Waals surface area contributed by atoms with E-state index in [0.29, 0.717) is 30.0 Å². The van der Waals surface area contributed by atoms with Gasteiger partial charge in [-0.1, -0.05) is 12.1 Å². The molecule has 0 saturated carbocycles. The number of halogens is 1. The van der Waals surface area contributed by atoms with Crippen LogP contribution in [-0.2, 0) is 22.7 Å². The predicted octanol–water partition coefficient (Wildman–Crippen LogP) is 2.94. The van der Waals surface area contributed by atoms with Crippen molar-refractivity contribution in [3.05, 3.63) is 70.5 Å². The van der Waals surface area contributed by atoms with Gasteiger partial charge in [0.2, 0.25) is 11.8 Å². The number of rotatable bonds is 4. The quantitative estimate of drug-likeness (QED) is 0.425. The number of anilines is 1. The van der Waals surface area contributed by atoms with Crippen LogP contribution in [-0.4, -0.2) is 64.7 Å². The van der Waals surface area contributed by atoms with Crippen molar-refractivity contribution in [2.24, 2.45) is 0 Å². The highest BCUT2D eigenvalue weighted by Crippen LogP contribution is 2.35. The number of hydrogen-bond donors (Lipinski definition) is 2. The molecule has 2 N–H and O–H groups in total. The van der Waals surface area contributed by atoms with Gasteiger partial charge in [0.25, 0.3) is 5.91 Å². The molecule has 0 bridgehead atoms. The third-order valence-electron chi connectivity index (χ3n) is 7.50. The van der Waals surface area contributed by atoms with Gasteiger partial charge in [-0.3, -0.25) is 24.6 Å². The summed E-state index contributed by atoms with van der Waals surface area (Å²) in [6.07, 6.45) is 0.449. The fourth-order valence-corrected chi connectivity index (χ4v) is 5.61. The topological polar surface area (TPSA) is 93.1 Å². The third-order valence-corrected chi connectivity index (χ3v) is 7.50. The van der Waals surface area contributed by atoms with E-state index in [0.717, 1.165) is 41.8 Å². The number of imide groups is 1. The lowest BCUT2D eigenvalue weighted by Gasteiger charge is -2.37. The number of hydrogen-bond acceptors (Lipinski definition) is 5. The number of fused-ring (bicyclic) bond motifs is 2. The second-order valence-electron chi connectivity index (χ2n) is 9.79. The molecule has 0 spiro atoms. The molecule has 37 heavy (non-hydrogen) atoms. The van der Waals surface area contributed by atoms with Crippen LogP contribution in [0.1, 0.15) is 34.5 Å². The molecule has 1 atom stereocenters. The van der Waals surface area contributed by atoms with E-state index in [9.17, 15) is 18.8 Å². The first-order chi connectivity index (χ1) is 17.9. The van der Waals surface area contributed by atoms with E-state index in [1.165, 1.54) is 17.0 Å². The second-order valence-corrected chi connectivity index (χ2v) is 9.79. The van der Waals surface area contributed by atoms with Crippen LogP contribution in [0.25, 0.3) is 15.7 Å². The minimum absolute atomic E-state index is 0.177. The molecule has 6 rings (SSSR count). The number of aromatic amines is 1. The highest BCUT2D eigenvalue weighted by molar-refractivity contribution is 6.06. The molecule has 0 aliphatic carbocycles. The summed E-state index contributed by atoms with van der Waals surface area (Å²) in [4.78, 5) is 49.8. The maximum Gasteiger partial charge on any atom is 0.255 e. The van der Waals surface area contributed by atoms with Crippen molar-refractivity contribution in [3.63, 3.8) is 0 Å². The van der Waals surface area contributed by atoms with Crippen LogP contribution in [0.3, 0.4) is 0 Å². The van der Waals surface area contributed by atoms with Crippen molar-refractivity contribution in [2.75, 3.05) is 31.1 Å². The summed E-state index contributed by atoms with van der Waals surface area (Å²) in [5, 5.41) is 3.38. The Labute approximate surface area is 212 Å². The maximum atomic E-state index is 14.6. The van der Waals surface area contributed by atoms with Gasteiger partial charge in [0.15, 0.2) is 5.69 Å². The molecule has 4 heterocycles. The lowest BCUT2D eigenvalue weighted by atomic mass is 10.0. The van der Waals surface area contributed by atoms with Crippen LogP contribution >= 0.6 is 0 Å². The number of aromatic nitrogens is 1. The van der Waals surface area contributed by atoms with Crippen molar-refractivity contribution >= 4 is 40.0 Å². The van der Waals surface area contributed by atoms with Crippen molar-refractivity contribution < 1.29 is 18.8 Å². The Morgan fingerprint density at radius 1 is 1.05 bits per heavy atom. The van der Waals surface area contributed by atoms with Gasteiger partial charge in [-0.2, -0.15) is 0 Å². The Morgan fingerprint density at radius 3 is 2.62 bits per heavy atom. The second kappa shape index (κ2) is 9.01.